The average Bonchev–Trinajstić information content (AvgIpc) is 3.03. The van der Waals surface area contributed by atoms with E-state index in [0.29, 0.717) is 36.5 Å². The first-order chi connectivity index (χ1) is 11.1. The third-order valence-corrected chi connectivity index (χ3v) is 4.70. The van der Waals surface area contributed by atoms with Gasteiger partial charge in [-0.25, -0.2) is 0 Å². The molecule has 23 heavy (non-hydrogen) atoms. The predicted octanol–water partition coefficient (Wildman–Crippen LogP) is 1.66. The van der Waals surface area contributed by atoms with Crippen molar-refractivity contribution < 1.29 is 9.53 Å². The second-order valence-corrected chi connectivity index (χ2v) is 6.80. The van der Waals surface area contributed by atoms with Crippen LogP contribution in [0.1, 0.15) is 6.92 Å². The molecule has 1 aliphatic rings. The third-order valence-electron chi connectivity index (χ3n) is 3.45. The predicted molar refractivity (Wildman–Crippen MR) is 86.9 cm³/mol. The van der Waals surface area contributed by atoms with Gasteiger partial charge < -0.3 is 9.64 Å². The summed E-state index contributed by atoms with van der Waals surface area (Å²) in [5.41, 5.74) is 0.760. The number of ether oxygens (including phenoxy) is 1. The zero-order valence-corrected chi connectivity index (χ0v) is 14.1. The summed E-state index contributed by atoms with van der Waals surface area (Å²) in [6.45, 7) is 4.29. The van der Waals surface area contributed by atoms with Crippen molar-refractivity contribution in [2.24, 2.45) is 0 Å². The third kappa shape index (κ3) is 3.82. The number of rotatable bonds is 4. The van der Waals surface area contributed by atoms with Gasteiger partial charge >= 0.3 is 0 Å². The Morgan fingerprint density at radius 3 is 2.91 bits per heavy atom. The molecule has 1 fully saturated rings. The Kier molecular flexibility index (Phi) is 5.14. The molecular formula is C14H16ClN5O2S. The summed E-state index contributed by atoms with van der Waals surface area (Å²) < 4.78 is 6.86. The number of aromatic nitrogens is 4. The Morgan fingerprint density at radius 1 is 1.39 bits per heavy atom. The number of amides is 1. The molecule has 1 aliphatic heterocycles. The minimum absolute atomic E-state index is 0.0685. The van der Waals surface area contributed by atoms with E-state index in [4.69, 9.17) is 16.3 Å². The van der Waals surface area contributed by atoms with Crippen molar-refractivity contribution in [1.82, 2.24) is 25.1 Å². The van der Waals surface area contributed by atoms with Gasteiger partial charge in [-0.15, -0.1) is 5.10 Å². The van der Waals surface area contributed by atoms with Gasteiger partial charge in [0.05, 0.1) is 24.2 Å². The zero-order valence-electron chi connectivity index (χ0n) is 12.6. The monoisotopic (exact) mass is 353 g/mol. The topological polar surface area (TPSA) is 73.1 Å². The zero-order chi connectivity index (χ0) is 16.2. The molecule has 1 saturated heterocycles. The van der Waals surface area contributed by atoms with Gasteiger partial charge in [-0.05, 0) is 35.5 Å². The van der Waals surface area contributed by atoms with Gasteiger partial charge in [-0.1, -0.05) is 29.4 Å². The van der Waals surface area contributed by atoms with Crippen LogP contribution in [0.5, 0.6) is 0 Å². The van der Waals surface area contributed by atoms with Gasteiger partial charge in [0.2, 0.25) is 11.1 Å². The first-order valence-electron chi connectivity index (χ1n) is 7.22. The number of halogens is 1. The van der Waals surface area contributed by atoms with E-state index in [0.717, 1.165) is 5.69 Å². The molecule has 0 unspecified atom stereocenters. The Bertz CT molecular complexity index is 689. The maximum Gasteiger partial charge on any atom is 0.236 e. The van der Waals surface area contributed by atoms with Crippen LogP contribution in [0.2, 0.25) is 5.02 Å². The highest BCUT2D eigenvalue weighted by Crippen LogP contribution is 2.25. The minimum Gasteiger partial charge on any atom is -0.378 e. The minimum atomic E-state index is -0.281. The molecule has 0 aliphatic carbocycles. The van der Waals surface area contributed by atoms with Gasteiger partial charge in [0.1, 0.15) is 0 Å². The fraction of sp³-hybridized carbons (Fsp3) is 0.429. The molecule has 0 bridgehead atoms. The number of thioether (sulfide) groups is 1. The van der Waals surface area contributed by atoms with Crippen LogP contribution in [-0.2, 0) is 9.53 Å². The normalized spacial score (nSPS) is 16.3. The molecule has 0 N–H and O–H groups in total. The molecule has 7 nitrogen and oxygen atoms in total. The second-order valence-electron chi connectivity index (χ2n) is 5.05. The lowest BCUT2D eigenvalue weighted by Gasteiger charge is -2.28. The van der Waals surface area contributed by atoms with Crippen LogP contribution in [-0.4, -0.2) is 62.6 Å². The summed E-state index contributed by atoms with van der Waals surface area (Å²) in [4.78, 5) is 14.3. The summed E-state index contributed by atoms with van der Waals surface area (Å²) in [6.07, 6.45) is 0. The SMILES string of the molecule is C[C@@H](Sc1nnnn1-c1cccc(Cl)c1)C(=O)N1CCOCC1. The lowest BCUT2D eigenvalue weighted by Crippen LogP contribution is -2.44. The molecule has 1 amide bonds. The molecule has 2 heterocycles. The number of carbonyl (C=O) groups excluding carboxylic acids is 1. The second kappa shape index (κ2) is 7.29. The molecule has 1 atom stereocenters. The average molecular weight is 354 g/mol. The highest BCUT2D eigenvalue weighted by molar-refractivity contribution is 8.00. The molecule has 122 valence electrons. The van der Waals surface area contributed by atoms with Gasteiger partial charge in [0, 0.05) is 18.1 Å². The molecule has 0 radical (unpaired) electrons. The van der Waals surface area contributed by atoms with Crippen LogP contribution in [0.4, 0.5) is 0 Å². The van der Waals surface area contributed by atoms with Gasteiger partial charge in [-0.2, -0.15) is 4.68 Å². The van der Waals surface area contributed by atoms with Gasteiger partial charge in [0.25, 0.3) is 0 Å². The number of benzene rings is 1. The van der Waals surface area contributed by atoms with Crippen LogP contribution in [0.25, 0.3) is 5.69 Å². The highest BCUT2D eigenvalue weighted by atomic mass is 35.5. The maximum absolute atomic E-state index is 12.5. The van der Waals surface area contributed by atoms with Crippen molar-refractivity contribution in [2.75, 3.05) is 26.3 Å². The fourth-order valence-corrected chi connectivity index (χ4v) is 3.35. The number of tetrazole rings is 1. The molecule has 1 aromatic heterocycles. The molecule has 1 aromatic carbocycles. The van der Waals surface area contributed by atoms with E-state index in [9.17, 15) is 4.79 Å². The highest BCUT2D eigenvalue weighted by Gasteiger charge is 2.25. The summed E-state index contributed by atoms with van der Waals surface area (Å²) in [7, 11) is 0. The summed E-state index contributed by atoms with van der Waals surface area (Å²) in [5.74, 6) is 0.0685. The van der Waals surface area contributed by atoms with Crippen LogP contribution in [0, 0.1) is 0 Å². The van der Waals surface area contributed by atoms with Crippen molar-refractivity contribution in [3.8, 4) is 5.69 Å². The van der Waals surface area contributed by atoms with Crippen molar-refractivity contribution in [2.45, 2.75) is 17.3 Å². The fourth-order valence-electron chi connectivity index (χ4n) is 2.27. The van der Waals surface area contributed by atoms with E-state index >= 15 is 0 Å². The van der Waals surface area contributed by atoms with E-state index < -0.39 is 0 Å². The van der Waals surface area contributed by atoms with Gasteiger partial charge in [-0.3, -0.25) is 4.79 Å². The molecule has 0 saturated carbocycles. The van der Waals surface area contributed by atoms with E-state index in [1.165, 1.54) is 11.8 Å². The van der Waals surface area contributed by atoms with Crippen molar-refractivity contribution in [3.05, 3.63) is 29.3 Å². The largest absolute Gasteiger partial charge is 0.378 e. The lowest BCUT2D eigenvalue weighted by atomic mass is 10.3. The van der Waals surface area contributed by atoms with Crippen LogP contribution >= 0.6 is 23.4 Å². The standard InChI is InChI=1S/C14H16ClN5O2S/c1-10(13(21)19-5-7-22-8-6-19)23-14-16-17-18-20(14)12-4-2-3-11(15)9-12/h2-4,9-10H,5-8H2,1H3/t10-/m1/s1. The lowest BCUT2D eigenvalue weighted by molar-refractivity contribution is -0.134. The van der Waals surface area contributed by atoms with Crippen molar-refractivity contribution in [3.63, 3.8) is 0 Å². The number of hydrogen-bond acceptors (Lipinski definition) is 6. The van der Waals surface area contributed by atoms with E-state index in [1.807, 2.05) is 24.0 Å². The molecule has 0 spiro atoms. The van der Waals surface area contributed by atoms with Crippen molar-refractivity contribution in [1.29, 1.82) is 0 Å². The van der Waals surface area contributed by atoms with E-state index in [1.54, 1.807) is 16.8 Å². The Hall–Kier alpha value is -1.64. The van der Waals surface area contributed by atoms with Crippen LogP contribution in [0.3, 0.4) is 0 Å². The molecular weight excluding hydrogens is 338 g/mol. The molecule has 2 aromatic rings. The Balaban J connectivity index is 1.73. The van der Waals surface area contributed by atoms with Crippen molar-refractivity contribution >= 4 is 29.3 Å². The molecule has 9 heteroatoms. The Morgan fingerprint density at radius 2 is 2.17 bits per heavy atom. The molecule has 3 rings (SSSR count). The number of carbonyl (C=O) groups is 1. The quantitative estimate of drug-likeness (QED) is 0.778. The maximum atomic E-state index is 12.5. The number of hydrogen-bond donors (Lipinski definition) is 0. The summed E-state index contributed by atoms with van der Waals surface area (Å²) in [6, 6.07) is 7.25. The smallest absolute Gasteiger partial charge is 0.236 e. The van der Waals surface area contributed by atoms with E-state index in [2.05, 4.69) is 15.5 Å². The first-order valence-corrected chi connectivity index (χ1v) is 8.48. The van der Waals surface area contributed by atoms with Gasteiger partial charge in [0.15, 0.2) is 0 Å². The summed E-state index contributed by atoms with van der Waals surface area (Å²) in [5, 5.41) is 12.6. The number of morpholine rings is 1. The number of nitrogens with zero attached hydrogens (tertiary/aromatic N) is 5. The van der Waals surface area contributed by atoms with Crippen LogP contribution < -0.4 is 0 Å². The van der Waals surface area contributed by atoms with Crippen LogP contribution in [0.15, 0.2) is 29.4 Å². The van der Waals surface area contributed by atoms with E-state index in [-0.39, 0.29) is 11.2 Å². The first kappa shape index (κ1) is 16.2. The Labute approximate surface area is 142 Å². The summed E-state index contributed by atoms with van der Waals surface area (Å²) >= 11 is 7.34.